The molecule has 0 atom stereocenters. The van der Waals surface area contributed by atoms with Crippen molar-refractivity contribution in [1.29, 1.82) is 0 Å². The van der Waals surface area contributed by atoms with Crippen LogP contribution >= 0.6 is 15.9 Å². The monoisotopic (exact) mass is 428 g/mol. The van der Waals surface area contributed by atoms with Crippen molar-refractivity contribution in [3.63, 3.8) is 0 Å². The number of nitrogens with one attached hydrogen (secondary N) is 2. The third-order valence-electron chi connectivity index (χ3n) is 2.79. The van der Waals surface area contributed by atoms with Gasteiger partial charge in [-0.2, -0.15) is 0 Å². The number of amides is 1. The van der Waals surface area contributed by atoms with Gasteiger partial charge in [0.05, 0.1) is 0 Å². The summed E-state index contributed by atoms with van der Waals surface area (Å²) in [4.78, 5) is 11.5. The summed E-state index contributed by atoms with van der Waals surface area (Å²) >= 11 is 3.01. The second kappa shape index (κ2) is 7.64. The highest BCUT2D eigenvalue weighted by molar-refractivity contribution is 9.10. The average molecular weight is 429 g/mol. The van der Waals surface area contributed by atoms with Crippen LogP contribution in [0.25, 0.3) is 0 Å². The molecule has 0 aliphatic rings. The SMILES string of the molecule is O=C(COc1ccc(Br)cc1F)NNc1c(F)c(F)c(F)c(F)c1F. The normalized spacial score (nSPS) is 10.5. The first-order chi connectivity index (χ1) is 11.7. The van der Waals surface area contributed by atoms with Crippen molar-refractivity contribution < 1.29 is 35.9 Å². The molecule has 2 N–H and O–H groups in total. The van der Waals surface area contributed by atoms with Gasteiger partial charge >= 0.3 is 0 Å². The van der Waals surface area contributed by atoms with Gasteiger partial charge in [0, 0.05) is 4.47 Å². The van der Waals surface area contributed by atoms with Crippen LogP contribution in [0.2, 0.25) is 0 Å². The number of carbonyl (C=O) groups excluding carboxylic acids is 1. The van der Waals surface area contributed by atoms with E-state index in [0.717, 1.165) is 6.07 Å². The van der Waals surface area contributed by atoms with Crippen LogP contribution in [0.4, 0.5) is 32.0 Å². The molecule has 4 nitrogen and oxygen atoms in total. The number of hydrogen-bond acceptors (Lipinski definition) is 3. The molecule has 0 aliphatic carbocycles. The van der Waals surface area contributed by atoms with E-state index in [1.54, 1.807) is 10.9 Å². The molecule has 0 radical (unpaired) electrons. The van der Waals surface area contributed by atoms with Gasteiger partial charge in [-0.1, -0.05) is 15.9 Å². The number of benzene rings is 2. The van der Waals surface area contributed by atoms with Crippen molar-refractivity contribution in [1.82, 2.24) is 5.43 Å². The van der Waals surface area contributed by atoms with Gasteiger partial charge < -0.3 is 4.74 Å². The molecular formula is C14H7BrF6N2O2. The Hall–Kier alpha value is -2.43. The lowest BCUT2D eigenvalue weighted by atomic mass is 10.2. The molecule has 2 aromatic rings. The number of anilines is 1. The highest BCUT2D eigenvalue weighted by Crippen LogP contribution is 2.26. The van der Waals surface area contributed by atoms with Crippen molar-refractivity contribution in [3.05, 3.63) is 57.6 Å². The second-order valence-electron chi connectivity index (χ2n) is 4.48. The Morgan fingerprint density at radius 1 is 0.960 bits per heavy atom. The molecule has 0 saturated carbocycles. The van der Waals surface area contributed by atoms with E-state index in [4.69, 9.17) is 4.74 Å². The molecular weight excluding hydrogens is 422 g/mol. The van der Waals surface area contributed by atoms with Crippen molar-refractivity contribution in [3.8, 4) is 5.75 Å². The molecule has 0 fully saturated rings. The summed E-state index contributed by atoms with van der Waals surface area (Å²) < 4.78 is 84.3. The van der Waals surface area contributed by atoms with Gasteiger partial charge in [0.25, 0.3) is 5.91 Å². The first-order valence-corrected chi connectivity index (χ1v) is 7.15. The van der Waals surface area contributed by atoms with Gasteiger partial charge in [-0.3, -0.25) is 15.6 Å². The molecule has 0 bridgehead atoms. The minimum atomic E-state index is -2.33. The minimum absolute atomic E-state index is 0.283. The summed E-state index contributed by atoms with van der Waals surface area (Å²) in [6.07, 6.45) is 0. The number of rotatable bonds is 5. The molecule has 2 aromatic carbocycles. The maximum atomic E-state index is 13.5. The zero-order chi connectivity index (χ0) is 18.7. The smallest absolute Gasteiger partial charge is 0.276 e. The topological polar surface area (TPSA) is 50.4 Å². The first-order valence-electron chi connectivity index (χ1n) is 6.36. The molecule has 0 saturated heterocycles. The zero-order valence-electron chi connectivity index (χ0n) is 11.9. The number of hydrogen-bond donors (Lipinski definition) is 2. The molecule has 0 heterocycles. The highest BCUT2D eigenvalue weighted by atomic mass is 79.9. The lowest BCUT2D eigenvalue weighted by Crippen LogP contribution is -2.34. The van der Waals surface area contributed by atoms with Crippen LogP contribution in [-0.4, -0.2) is 12.5 Å². The van der Waals surface area contributed by atoms with Crippen molar-refractivity contribution in [2.24, 2.45) is 0 Å². The van der Waals surface area contributed by atoms with E-state index in [9.17, 15) is 31.1 Å². The van der Waals surface area contributed by atoms with Crippen LogP contribution in [0.15, 0.2) is 22.7 Å². The Balaban J connectivity index is 2.01. The minimum Gasteiger partial charge on any atom is -0.481 e. The highest BCUT2D eigenvalue weighted by Gasteiger charge is 2.26. The van der Waals surface area contributed by atoms with Crippen LogP contribution in [0, 0.1) is 34.9 Å². The van der Waals surface area contributed by atoms with Crippen LogP contribution in [0.3, 0.4) is 0 Å². The molecule has 0 aliphatic heterocycles. The lowest BCUT2D eigenvalue weighted by molar-refractivity contribution is -0.122. The zero-order valence-corrected chi connectivity index (χ0v) is 13.5. The second-order valence-corrected chi connectivity index (χ2v) is 5.40. The van der Waals surface area contributed by atoms with E-state index in [-0.39, 0.29) is 5.75 Å². The van der Waals surface area contributed by atoms with Gasteiger partial charge in [0.15, 0.2) is 41.4 Å². The largest absolute Gasteiger partial charge is 0.481 e. The van der Waals surface area contributed by atoms with E-state index in [1.807, 2.05) is 0 Å². The van der Waals surface area contributed by atoms with E-state index in [2.05, 4.69) is 15.9 Å². The Labute approximate surface area is 144 Å². The fourth-order valence-corrected chi connectivity index (χ4v) is 1.95. The summed E-state index contributed by atoms with van der Waals surface area (Å²) in [5.74, 6) is -13.1. The van der Waals surface area contributed by atoms with Crippen molar-refractivity contribution in [2.75, 3.05) is 12.0 Å². The molecule has 2 rings (SSSR count). The van der Waals surface area contributed by atoms with E-state index in [1.165, 1.54) is 12.1 Å². The summed E-state index contributed by atoms with van der Waals surface area (Å²) in [6, 6.07) is 3.72. The molecule has 0 unspecified atom stereocenters. The molecule has 25 heavy (non-hydrogen) atoms. The summed E-state index contributed by atoms with van der Waals surface area (Å²) in [7, 11) is 0. The van der Waals surface area contributed by atoms with Gasteiger partial charge in [0.1, 0.15) is 5.69 Å². The van der Waals surface area contributed by atoms with Crippen molar-refractivity contribution in [2.45, 2.75) is 0 Å². The standard InChI is InChI=1S/C14H7BrF6N2O2/c15-5-1-2-7(6(16)3-5)25-4-8(24)22-23-14-12(20)10(18)9(17)11(19)13(14)21/h1-3,23H,4H2,(H,22,24). The fourth-order valence-electron chi connectivity index (χ4n) is 1.62. The Bertz CT molecular complexity index is 804. The number of ether oxygens (including phenoxy) is 1. The number of hydrazine groups is 1. The van der Waals surface area contributed by atoms with Crippen molar-refractivity contribution >= 4 is 27.5 Å². The summed E-state index contributed by atoms with van der Waals surface area (Å²) in [5, 5.41) is 0. The maximum absolute atomic E-state index is 13.5. The lowest BCUT2D eigenvalue weighted by Gasteiger charge is -2.12. The van der Waals surface area contributed by atoms with Gasteiger partial charge in [-0.25, -0.2) is 26.3 Å². The maximum Gasteiger partial charge on any atom is 0.276 e. The van der Waals surface area contributed by atoms with Crippen LogP contribution in [0.1, 0.15) is 0 Å². The fraction of sp³-hybridized carbons (Fsp3) is 0.0714. The molecule has 0 spiro atoms. The number of carbonyl (C=O) groups is 1. The van der Waals surface area contributed by atoms with Gasteiger partial charge in [-0.15, -0.1) is 0 Å². The number of halogens is 7. The Kier molecular flexibility index (Phi) is 5.77. The molecule has 1 amide bonds. The molecule has 11 heteroatoms. The Morgan fingerprint density at radius 3 is 2.08 bits per heavy atom. The Morgan fingerprint density at radius 2 is 1.52 bits per heavy atom. The predicted octanol–water partition coefficient (Wildman–Crippen LogP) is 3.81. The van der Waals surface area contributed by atoms with E-state index < -0.39 is 53.1 Å². The third kappa shape index (κ3) is 4.16. The predicted molar refractivity (Wildman–Crippen MR) is 77.6 cm³/mol. The first kappa shape index (κ1) is 18.9. The van der Waals surface area contributed by atoms with E-state index >= 15 is 0 Å². The van der Waals surface area contributed by atoms with E-state index in [0.29, 0.717) is 4.47 Å². The molecule has 0 aromatic heterocycles. The summed E-state index contributed by atoms with van der Waals surface area (Å²) in [5.41, 5.74) is 1.80. The third-order valence-corrected chi connectivity index (χ3v) is 3.28. The van der Waals surface area contributed by atoms with Crippen LogP contribution in [0.5, 0.6) is 5.75 Å². The van der Waals surface area contributed by atoms with Gasteiger partial charge in [0.2, 0.25) is 5.82 Å². The van der Waals surface area contributed by atoms with Crippen LogP contribution < -0.4 is 15.6 Å². The van der Waals surface area contributed by atoms with Crippen LogP contribution in [-0.2, 0) is 4.79 Å². The summed E-state index contributed by atoms with van der Waals surface area (Å²) in [6.45, 7) is -0.791. The molecule has 134 valence electrons. The quantitative estimate of drug-likeness (QED) is 0.329. The average Bonchev–Trinajstić information content (AvgIpc) is 2.57. The van der Waals surface area contributed by atoms with Gasteiger partial charge in [-0.05, 0) is 18.2 Å².